The fourth-order valence-corrected chi connectivity index (χ4v) is 3.75. The second kappa shape index (κ2) is 6.29. The van der Waals surface area contributed by atoms with Gasteiger partial charge in [0.05, 0.1) is 12.2 Å². The molecule has 3 aromatic heterocycles. The van der Waals surface area contributed by atoms with Gasteiger partial charge in [-0.2, -0.15) is 13.2 Å². The molecular formula is C16H19F3N6. The minimum atomic E-state index is -4.14. The molecule has 1 saturated carbocycles. The first-order valence-corrected chi connectivity index (χ1v) is 8.46. The summed E-state index contributed by atoms with van der Waals surface area (Å²) >= 11 is 0. The highest BCUT2D eigenvalue weighted by atomic mass is 19.4. The van der Waals surface area contributed by atoms with Crippen molar-refractivity contribution in [3.63, 3.8) is 0 Å². The number of hydrogen-bond donors (Lipinski definition) is 2. The van der Waals surface area contributed by atoms with Crippen molar-refractivity contribution in [3.05, 3.63) is 24.3 Å². The molecule has 0 amide bonds. The summed E-state index contributed by atoms with van der Waals surface area (Å²) in [5, 5.41) is 12.1. The van der Waals surface area contributed by atoms with Gasteiger partial charge in [0.2, 0.25) is 0 Å². The predicted molar refractivity (Wildman–Crippen MR) is 86.3 cm³/mol. The third-order valence-corrected chi connectivity index (χ3v) is 4.99. The third-order valence-electron chi connectivity index (χ3n) is 4.99. The van der Waals surface area contributed by atoms with E-state index < -0.39 is 12.7 Å². The minimum absolute atomic E-state index is 0.286. The lowest BCUT2D eigenvalue weighted by molar-refractivity contribution is -0.125. The molecule has 2 N–H and O–H groups in total. The number of halogens is 3. The quantitative estimate of drug-likeness (QED) is 0.757. The molecule has 1 aliphatic rings. The van der Waals surface area contributed by atoms with Gasteiger partial charge in [0.15, 0.2) is 0 Å². The van der Waals surface area contributed by atoms with Crippen molar-refractivity contribution in [2.75, 3.05) is 13.1 Å². The van der Waals surface area contributed by atoms with Crippen LogP contribution in [0.4, 0.5) is 13.2 Å². The van der Waals surface area contributed by atoms with E-state index in [-0.39, 0.29) is 11.8 Å². The number of aromatic amines is 1. The van der Waals surface area contributed by atoms with Crippen LogP contribution in [0.25, 0.3) is 16.6 Å². The Morgan fingerprint density at radius 1 is 1.24 bits per heavy atom. The van der Waals surface area contributed by atoms with Crippen molar-refractivity contribution in [3.8, 4) is 0 Å². The normalized spacial score (nSPS) is 22.0. The lowest BCUT2D eigenvalue weighted by Gasteiger charge is -2.27. The van der Waals surface area contributed by atoms with E-state index >= 15 is 0 Å². The van der Waals surface area contributed by atoms with Crippen LogP contribution in [0.3, 0.4) is 0 Å². The number of alkyl halides is 3. The Morgan fingerprint density at radius 2 is 2.04 bits per heavy atom. The molecule has 1 fully saturated rings. The van der Waals surface area contributed by atoms with E-state index in [1.54, 1.807) is 10.8 Å². The molecule has 25 heavy (non-hydrogen) atoms. The molecule has 0 atom stereocenters. The zero-order chi connectivity index (χ0) is 17.4. The summed E-state index contributed by atoms with van der Waals surface area (Å²) in [6.45, 7) is -0.499. The van der Waals surface area contributed by atoms with Crippen molar-refractivity contribution in [1.82, 2.24) is 30.1 Å². The molecule has 0 aliphatic heterocycles. The highest BCUT2D eigenvalue weighted by molar-refractivity contribution is 5.92. The van der Waals surface area contributed by atoms with Gasteiger partial charge in [0.25, 0.3) is 0 Å². The maximum Gasteiger partial charge on any atom is 0.401 e. The molecule has 0 spiro atoms. The molecule has 4 rings (SSSR count). The number of nitrogens with one attached hydrogen (secondary N) is 2. The number of H-pyrrole nitrogens is 1. The standard InChI is InChI=1S/C16H19F3N6/c17-16(18,19)8-20-7-10-1-3-11(4-2-10)13-14-12-5-6-21-15(12)22-9-25(14)24-23-13/h5-6,9-11,20-21H,1-4,7-8H2. The van der Waals surface area contributed by atoms with E-state index in [1.807, 2.05) is 12.3 Å². The summed E-state index contributed by atoms with van der Waals surface area (Å²) in [7, 11) is 0. The van der Waals surface area contributed by atoms with Crippen LogP contribution in [0.5, 0.6) is 0 Å². The molecule has 3 aromatic rings. The van der Waals surface area contributed by atoms with Gasteiger partial charge in [0, 0.05) is 17.5 Å². The van der Waals surface area contributed by atoms with Gasteiger partial charge in [-0.05, 0) is 44.2 Å². The molecule has 0 radical (unpaired) electrons. The fourth-order valence-electron chi connectivity index (χ4n) is 3.75. The second-order valence-corrected chi connectivity index (χ2v) is 6.72. The SMILES string of the molecule is FC(F)(F)CNCC1CCC(c2nnn3cnc4[nH]ccc4c23)CC1. The average Bonchev–Trinajstić information content (AvgIpc) is 3.20. The zero-order valence-electron chi connectivity index (χ0n) is 13.6. The minimum Gasteiger partial charge on any atom is -0.346 e. The number of rotatable bonds is 4. The van der Waals surface area contributed by atoms with Gasteiger partial charge in [0.1, 0.15) is 17.5 Å². The van der Waals surface area contributed by atoms with Crippen LogP contribution < -0.4 is 5.32 Å². The Bertz CT molecular complexity index is 860. The van der Waals surface area contributed by atoms with Gasteiger partial charge < -0.3 is 10.3 Å². The third kappa shape index (κ3) is 3.33. The van der Waals surface area contributed by atoms with Crippen LogP contribution in [0.2, 0.25) is 0 Å². The second-order valence-electron chi connectivity index (χ2n) is 6.72. The molecule has 0 saturated heterocycles. The largest absolute Gasteiger partial charge is 0.401 e. The maximum absolute atomic E-state index is 12.2. The molecule has 1 aliphatic carbocycles. The molecule has 3 heterocycles. The van der Waals surface area contributed by atoms with Crippen molar-refractivity contribution in [2.24, 2.45) is 5.92 Å². The van der Waals surface area contributed by atoms with Crippen LogP contribution in [-0.4, -0.2) is 44.1 Å². The van der Waals surface area contributed by atoms with E-state index in [0.717, 1.165) is 47.9 Å². The fraction of sp³-hybridized carbons (Fsp3) is 0.562. The Balaban J connectivity index is 1.44. The van der Waals surface area contributed by atoms with E-state index in [0.29, 0.717) is 6.54 Å². The van der Waals surface area contributed by atoms with Crippen molar-refractivity contribution in [1.29, 1.82) is 0 Å². The molecular weight excluding hydrogens is 333 g/mol. The molecule has 134 valence electrons. The van der Waals surface area contributed by atoms with Crippen LogP contribution in [0.15, 0.2) is 18.6 Å². The van der Waals surface area contributed by atoms with Crippen molar-refractivity contribution in [2.45, 2.75) is 37.8 Å². The number of hydrogen-bond acceptors (Lipinski definition) is 4. The van der Waals surface area contributed by atoms with Gasteiger partial charge in [-0.25, -0.2) is 9.50 Å². The average molecular weight is 352 g/mol. The van der Waals surface area contributed by atoms with E-state index in [1.165, 1.54) is 0 Å². The Labute approximate surface area is 141 Å². The lowest BCUT2D eigenvalue weighted by Crippen LogP contribution is -2.33. The van der Waals surface area contributed by atoms with E-state index in [4.69, 9.17) is 0 Å². The zero-order valence-corrected chi connectivity index (χ0v) is 13.6. The van der Waals surface area contributed by atoms with Gasteiger partial charge in [-0.15, -0.1) is 5.10 Å². The van der Waals surface area contributed by atoms with Crippen LogP contribution in [-0.2, 0) is 0 Å². The first-order valence-electron chi connectivity index (χ1n) is 8.46. The van der Waals surface area contributed by atoms with E-state index in [2.05, 4.69) is 25.6 Å². The van der Waals surface area contributed by atoms with Gasteiger partial charge in [-0.3, -0.25) is 0 Å². The highest BCUT2D eigenvalue weighted by Gasteiger charge is 2.29. The lowest BCUT2D eigenvalue weighted by atomic mass is 9.80. The topological polar surface area (TPSA) is 70.9 Å². The Kier molecular flexibility index (Phi) is 4.10. The highest BCUT2D eigenvalue weighted by Crippen LogP contribution is 2.37. The molecule has 0 bridgehead atoms. The summed E-state index contributed by atoms with van der Waals surface area (Å²) in [6, 6.07) is 1.97. The Morgan fingerprint density at radius 3 is 2.80 bits per heavy atom. The summed E-state index contributed by atoms with van der Waals surface area (Å²) in [5.74, 6) is 0.575. The van der Waals surface area contributed by atoms with Crippen molar-refractivity contribution >= 4 is 16.6 Å². The molecule has 6 nitrogen and oxygen atoms in total. The predicted octanol–water partition coefficient (Wildman–Crippen LogP) is 3.03. The molecule has 0 unspecified atom stereocenters. The first kappa shape index (κ1) is 16.3. The summed E-state index contributed by atoms with van der Waals surface area (Å²) < 4.78 is 38.4. The number of nitrogens with zero attached hydrogens (tertiary/aromatic N) is 4. The summed E-state index contributed by atoms with van der Waals surface area (Å²) in [5.41, 5.74) is 2.75. The number of fused-ring (bicyclic) bond motifs is 3. The van der Waals surface area contributed by atoms with Crippen LogP contribution >= 0.6 is 0 Å². The Hall–Kier alpha value is -2.16. The summed E-state index contributed by atoms with van der Waals surface area (Å²) in [6.07, 6.45) is 2.98. The van der Waals surface area contributed by atoms with Crippen LogP contribution in [0, 0.1) is 5.92 Å². The number of aromatic nitrogens is 5. The van der Waals surface area contributed by atoms with Gasteiger partial charge >= 0.3 is 6.18 Å². The van der Waals surface area contributed by atoms with Crippen LogP contribution in [0.1, 0.15) is 37.3 Å². The van der Waals surface area contributed by atoms with E-state index in [9.17, 15) is 13.2 Å². The molecule has 9 heteroatoms. The maximum atomic E-state index is 12.2. The summed E-state index contributed by atoms with van der Waals surface area (Å²) in [4.78, 5) is 7.39. The van der Waals surface area contributed by atoms with Gasteiger partial charge in [-0.1, -0.05) is 5.21 Å². The smallest absolute Gasteiger partial charge is 0.346 e. The monoisotopic (exact) mass is 352 g/mol. The van der Waals surface area contributed by atoms with Crippen molar-refractivity contribution < 1.29 is 13.2 Å². The molecule has 0 aromatic carbocycles. The first-order chi connectivity index (χ1) is 12.0.